The molecule has 2 atom stereocenters. The average molecular weight is 430 g/mol. The van der Waals surface area contributed by atoms with Crippen LogP contribution < -0.4 is 5.32 Å². The fourth-order valence-corrected chi connectivity index (χ4v) is 3.85. The summed E-state index contributed by atoms with van der Waals surface area (Å²) in [5.74, 6) is -1.41. The number of fused-ring (bicyclic) bond motifs is 1. The second-order valence-electron chi connectivity index (χ2n) is 7.81. The Bertz CT molecular complexity index is 1200. The number of likely N-dealkylation sites (tertiary alicyclic amines) is 1. The number of para-hydroxylation sites is 1. The first-order chi connectivity index (χ1) is 15.5. The molecule has 2 heterocycles. The summed E-state index contributed by atoms with van der Waals surface area (Å²) in [5, 5.41) is 20.0. The van der Waals surface area contributed by atoms with Gasteiger partial charge in [0.1, 0.15) is 6.04 Å². The number of aromatic nitrogens is 2. The maximum absolute atomic E-state index is 12.9. The van der Waals surface area contributed by atoms with Crippen molar-refractivity contribution >= 4 is 34.3 Å². The van der Waals surface area contributed by atoms with Gasteiger partial charge < -0.3 is 15.1 Å². The van der Waals surface area contributed by atoms with Crippen molar-refractivity contribution in [1.29, 1.82) is 5.26 Å². The van der Waals surface area contributed by atoms with Crippen molar-refractivity contribution in [3.8, 4) is 6.07 Å². The molecule has 0 bridgehead atoms. The Balaban J connectivity index is 1.39. The molecule has 9 heteroatoms. The van der Waals surface area contributed by atoms with Crippen LogP contribution in [0.3, 0.4) is 0 Å². The molecule has 1 aromatic heterocycles. The zero-order chi connectivity index (χ0) is 22.7. The van der Waals surface area contributed by atoms with Crippen molar-refractivity contribution in [2.45, 2.75) is 12.5 Å². The van der Waals surface area contributed by atoms with Gasteiger partial charge in [0.25, 0.3) is 5.91 Å². The molecule has 0 aliphatic carbocycles. The molecule has 0 radical (unpaired) electrons. The Morgan fingerprint density at radius 2 is 2.03 bits per heavy atom. The molecule has 3 aromatic rings. The summed E-state index contributed by atoms with van der Waals surface area (Å²) in [6, 6.07) is 15.6. The van der Waals surface area contributed by atoms with E-state index in [1.54, 1.807) is 36.5 Å². The molecule has 32 heavy (non-hydrogen) atoms. The van der Waals surface area contributed by atoms with E-state index in [-0.39, 0.29) is 37.2 Å². The highest BCUT2D eigenvalue weighted by atomic mass is 16.2. The summed E-state index contributed by atoms with van der Waals surface area (Å²) >= 11 is 0. The minimum atomic E-state index is -0.709. The SMILES string of the molecule is CN(CC(=O)N1CC(C(=O)Nc2ccccc2)CC1C#N)C(=O)c1ccc2cn[nH]c2c1. The molecule has 2 unspecified atom stereocenters. The van der Waals surface area contributed by atoms with Gasteiger partial charge in [-0.05, 0) is 30.7 Å². The quantitative estimate of drug-likeness (QED) is 0.641. The van der Waals surface area contributed by atoms with Crippen molar-refractivity contribution in [2.75, 3.05) is 25.5 Å². The lowest BCUT2D eigenvalue weighted by molar-refractivity contribution is -0.131. The number of nitrogens with one attached hydrogen (secondary N) is 2. The van der Waals surface area contributed by atoms with Crippen molar-refractivity contribution in [1.82, 2.24) is 20.0 Å². The number of carbonyl (C=O) groups excluding carboxylic acids is 3. The van der Waals surface area contributed by atoms with E-state index in [9.17, 15) is 19.6 Å². The standard InChI is InChI=1S/C23H22N6O3/c1-28(23(32)15-7-8-16-12-25-27-20(16)10-15)14-21(30)29-13-17(9-19(29)11-24)22(31)26-18-5-3-2-4-6-18/h2-8,10,12,17,19H,9,13-14H2,1H3,(H,25,27)(H,26,31). The molecule has 9 nitrogen and oxygen atoms in total. The van der Waals surface area contributed by atoms with E-state index < -0.39 is 12.0 Å². The summed E-state index contributed by atoms with van der Waals surface area (Å²) in [6.45, 7) is -0.0527. The molecular weight excluding hydrogens is 408 g/mol. The zero-order valence-corrected chi connectivity index (χ0v) is 17.5. The number of benzene rings is 2. The van der Waals surface area contributed by atoms with Crippen LogP contribution in [0.4, 0.5) is 5.69 Å². The van der Waals surface area contributed by atoms with Gasteiger partial charge in [0.15, 0.2) is 0 Å². The summed E-state index contributed by atoms with van der Waals surface area (Å²) in [7, 11) is 1.54. The highest BCUT2D eigenvalue weighted by Gasteiger charge is 2.39. The largest absolute Gasteiger partial charge is 0.332 e. The molecule has 1 saturated heterocycles. The topological polar surface area (TPSA) is 122 Å². The highest BCUT2D eigenvalue weighted by molar-refractivity contribution is 5.99. The predicted molar refractivity (Wildman–Crippen MR) is 117 cm³/mol. The van der Waals surface area contributed by atoms with Crippen LogP contribution in [0.2, 0.25) is 0 Å². The first kappa shape index (κ1) is 21.1. The van der Waals surface area contributed by atoms with E-state index in [1.807, 2.05) is 18.2 Å². The zero-order valence-electron chi connectivity index (χ0n) is 17.5. The Morgan fingerprint density at radius 3 is 2.78 bits per heavy atom. The Morgan fingerprint density at radius 1 is 1.25 bits per heavy atom. The maximum Gasteiger partial charge on any atom is 0.254 e. The van der Waals surface area contributed by atoms with E-state index >= 15 is 0 Å². The number of amides is 3. The number of anilines is 1. The Kier molecular flexibility index (Phi) is 5.85. The lowest BCUT2D eigenvalue weighted by Gasteiger charge is -2.24. The van der Waals surface area contributed by atoms with E-state index in [2.05, 4.69) is 21.6 Å². The molecule has 2 N–H and O–H groups in total. The van der Waals surface area contributed by atoms with E-state index in [0.717, 1.165) is 10.9 Å². The van der Waals surface area contributed by atoms with Crippen LogP contribution in [-0.4, -0.2) is 63.9 Å². The number of H-pyrrole nitrogens is 1. The highest BCUT2D eigenvalue weighted by Crippen LogP contribution is 2.25. The van der Waals surface area contributed by atoms with Gasteiger partial charge in [-0.15, -0.1) is 0 Å². The summed E-state index contributed by atoms with van der Waals surface area (Å²) in [5.41, 5.74) is 1.82. The number of rotatable bonds is 5. The normalized spacial score (nSPS) is 17.7. The van der Waals surface area contributed by atoms with Crippen molar-refractivity contribution < 1.29 is 14.4 Å². The molecule has 0 saturated carbocycles. The average Bonchev–Trinajstić information content (AvgIpc) is 3.45. The Labute approximate surface area is 184 Å². The lowest BCUT2D eigenvalue weighted by Crippen LogP contribution is -2.43. The summed E-state index contributed by atoms with van der Waals surface area (Å²) in [4.78, 5) is 41.0. The van der Waals surface area contributed by atoms with Gasteiger partial charge in [-0.3, -0.25) is 19.5 Å². The first-order valence-electron chi connectivity index (χ1n) is 10.2. The molecule has 0 spiro atoms. The third-order valence-electron chi connectivity index (χ3n) is 5.59. The second-order valence-corrected chi connectivity index (χ2v) is 7.81. The van der Waals surface area contributed by atoms with Crippen LogP contribution in [0, 0.1) is 17.2 Å². The molecule has 2 aromatic carbocycles. The number of nitrogens with zero attached hydrogens (tertiary/aromatic N) is 4. The number of carbonyl (C=O) groups is 3. The number of likely N-dealkylation sites (N-methyl/N-ethyl adjacent to an activating group) is 1. The van der Waals surface area contributed by atoms with Gasteiger partial charge in [0.2, 0.25) is 11.8 Å². The van der Waals surface area contributed by atoms with E-state index in [4.69, 9.17) is 0 Å². The van der Waals surface area contributed by atoms with Crippen LogP contribution in [0.5, 0.6) is 0 Å². The van der Waals surface area contributed by atoms with Crippen LogP contribution in [0.25, 0.3) is 10.9 Å². The third-order valence-corrected chi connectivity index (χ3v) is 5.59. The van der Waals surface area contributed by atoms with Crippen molar-refractivity contribution in [2.24, 2.45) is 5.92 Å². The van der Waals surface area contributed by atoms with Gasteiger partial charge in [0, 0.05) is 30.2 Å². The summed E-state index contributed by atoms with van der Waals surface area (Å²) in [6.07, 6.45) is 1.92. The van der Waals surface area contributed by atoms with Gasteiger partial charge >= 0.3 is 0 Å². The summed E-state index contributed by atoms with van der Waals surface area (Å²) < 4.78 is 0. The van der Waals surface area contributed by atoms with Crippen LogP contribution >= 0.6 is 0 Å². The minimum Gasteiger partial charge on any atom is -0.332 e. The fraction of sp³-hybridized carbons (Fsp3) is 0.261. The molecule has 1 aliphatic heterocycles. The number of hydrogen-bond donors (Lipinski definition) is 2. The fourth-order valence-electron chi connectivity index (χ4n) is 3.85. The molecule has 162 valence electrons. The monoisotopic (exact) mass is 430 g/mol. The van der Waals surface area contributed by atoms with Crippen molar-refractivity contribution in [3.63, 3.8) is 0 Å². The van der Waals surface area contributed by atoms with Crippen LogP contribution in [0.1, 0.15) is 16.8 Å². The number of nitriles is 1. The molecule has 1 fully saturated rings. The minimum absolute atomic E-state index is 0.137. The smallest absolute Gasteiger partial charge is 0.254 e. The maximum atomic E-state index is 12.9. The Hall–Kier alpha value is -4.19. The molecule has 1 aliphatic rings. The molecule has 4 rings (SSSR count). The number of aromatic amines is 1. The lowest BCUT2D eigenvalue weighted by atomic mass is 10.1. The second kappa shape index (κ2) is 8.89. The molecule has 3 amide bonds. The van der Waals surface area contributed by atoms with Crippen LogP contribution in [0.15, 0.2) is 54.7 Å². The van der Waals surface area contributed by atoms with Gasteiger partial charge in [-0.1, -0.05) is 24.3 Å². The number of hydrogen-bond acceptors (Lipinski definition) is 5. The predicted octanol–water partition coefficient (Wildman–Crippen LogP) is 2.01. The van der Waals surface area contributed by atoms with Gasteiger partial charge in [0.05, 0.1) is 30.2 Å². The van der Waals surface area contributed by atoms with E-state index in [0.29, 0.717) is 11.3 Å². The first-order valence-corrected chi connectivity index (χ1v) is 10.2. The van der Waals surface area contributed by atoms with Crippen molar-refractivity contribution in [3.05, 3.63) is 60.3 Å². The molecular formula is C23H22N6O3. The van der Waals surface area contributed by atoms with Crippen LogP contribution in [-0.2, 0) is 9.59 Å². The van der Waals surface area contributed by atoms with Gasteiger partial charge in [-0.25, -0.2) is 0 Å². The van der Waals surface area contributed by atoms with E-state index in [1.165, 1.54) is 16.8 Å². The third kappa shape index (κ3) is 4.30. The van der Waals surface area contributed by atoms with Gasteiger partial charge in [-0.2, -0.15) is 10.4 Å².